The van der Waals surface area contributed by atoms with Crippen LogP contribution in [0.5, 0.6) is 0 Å². The third-order valence-electron chi connectivity index (χ3n) is 6.65. The van der Waals surface area contributed by atoms with Crippen molar-refractivity contribution >= 4 is 45.8 Å². The second kappa shape index (κ2) is 10.5. The molecular weight excluding hydrogens is 556 g/mol. The maximum atomic E-state index is 12.9. The van der Waals surface area contributed by atoms with Gasteiger partial charge >= 0.3 is 11.9 Å². The Morgan fingerprint density at radius 2 is 1.23 bits per heavy atom. The summed E-state index contributed by atoms with van der Waals surface area (Å²) < 4.78 is 10.6. The lowest BCUT2D eigenvalue weighted by molar-refractivity contribution is -1.07. The zero-order chi connectivity index (χ0) is 27.7. The molecule has 0 amide bonds. The molecule has 4 aromatic heterocycles. The number of rotatable bonds is 6. The van der Waals surface area contributed by atoms with Crippen molar-refractivity contribution < 1.29 is 37.6 Å². The van der Waals surface area contributed by atoms with E-state index in [2.05, 4.69) is 20.3 Å². The first-order chi connectivity index (χ1) is 19.3. The molecule has 0 spiro atoms. The molecular formula is C26H26N6O6S2+2. The van der Waals surface area contributed by atoms with E-state index in [0.717, 1.165) is 20.9 Å². The van der Waals surface area contributed by atoms with Crippen molar-refractivity contribution in [1.29, 1.82) is 0 Å². The summed E-state index contributed by atoms with van der Waals surface area (Å²) in [7, 11) is 3.46. The van der Waals surface area contributed by atoms with Crippen LogP contribution in [-0.4, -0.2) is 81.8 Å². The molecule has 6 rings (SSSR count). The number of aromatic nitrogens is 4. The first kappa shape index (κ1) is 26.3. The van der Waals surface area contributed by atoms with Crippen LogP contribution in [0, 0.1) is 0 Å². The van der Waals surface area contributed by atoms with Crippen LogP contribution in [0.4, 0.5) is 0 Å². The zero-order valence-electron chi connectivity index (χ0n) is 21.8. The Balaban J connectivity index is 1.07. The third-order valence-corrected chi connectivity index (χ3v) is 8.38. The SMILES string of the molecule is C[N+]1(OC(=O)C(=O)O[N+]2(C)CCC=C(c3nc(-c4cccs4)no3)C2)CCC=C(c2nc(-c3cccs3)no2)C1. The molecule has 4 aromatic rings. The maximum absolute atomic E-state index is 12.9. The number of quaternary nitrogens is 2. The van der Waals surface area contributed by atoms with E-state index >= 15 is 0 Å². The molecule has 0 saturated carbocycles. The Labute approximate surface area is 236 Å². The van der Waals surface area contributed by atoms with Gasteiger partial charge in [-0.3, -0.25) is 9.68 Å². The smallest absolute Gasteiger partial charge is 0.334 e. The number of hydroxylamine groups is 6. The molecule has 0 radical (unpaired) electrons. The Hall–Kier alpha value is -3.98. The van der Waals surface area contributed by atoms with Crippen LogP contribution in [0.1, 0.15) is 24.6 Å². The number of likely N-dealkylation sites (N-methyl/N-ethyl adjacent to an activating group) is 2. The van der Waals surface area contributed by atoms with Crippen molar-refractivity contribution in [3.8, 4) is 21.4 Å². The molecule has 2 aliphatic heterocycles. The number of hydrogen-bond donors (Lipinski definition) is 0. The molecule has 2 atom stereocenters. The Morgan fingerprint density at radius 3 is 1.62 bits per heavy atom. The van der Waals surface area contributed by atoms with Gasteiger partial charge in [-0.2, -0.15) is 9.97 Å². The van der Waals surface area contributed by atoms with Gasteiger partial charge in [0.05, 0.1) is 20.9 Å². The lowest BCUT2D eigenvalue weighted by Crippen LogP contribution is -2.53. The summed E-state index contributed by atoms with van der Waals surface area (Å²) in [5.74, 6) is -0.411. The molecule has 40 heavy (non-hydrogen) atoms. The monoisotopic (exact) mass is 582 g/mol. The van der Waals surface area contributed by atoms with E-state index in [0.29, 0.717) is 49.4 Å². The van der Waals surface area contributed by atoms with Crippen LogP contribution in [0.25, 0.3) is 32.5 Å². The number of carbonyl (C=O) groups is 2. The summed E-state index contributed by atoms with van der Waals surface area (Å²) in [5.41, 5.74) is 1.49. The second-order valence-electron chi connectivity index (χ2n) is 9.95. The largest absolute Gasteiger partial charge is 0.480 e. The van der Waals surface area contributed by atoms with E-state index in [1.54, 1.807) is 14.1 Å². The summed E-state index contributed by atoms with van der Waals surface area (Å²) in [6, 6.07) is 7.66. The van der Waals surface area contributed by atoms with Crippen LogP contribution in [0.2, 0.25) is 0 Å². The quantitative estimate of drug-likeness (QED) is 0.243. The number of thiophene rings is 2. The summed E-state index contributed by atoms with van der Waals surface area (Å²) in [4.78, 5) is 47.8. The summed E-state index contributed by atoms with van der Waals surface area (Å²) in [5, 5.41) is 12.0. The molecule has 12 nitrogen and oxygen atoms in total. The lowest BCUT2D eigenvalue weighted by Gasteiger charge is -2.34. The number of nitrogens with zero attached hydrogens (tertiary/aromatic N) is 6. The highest BCUT2D eigenvalue weighted by molar-refractivity contribution is 7.13. The summed E-state index contributed by atoms with van der Waals surface area (Å²) >= 11 is 3.03. The highest BCUT2D eigenvalue weighted by Gasteiger charge is 2.41. The topological polar surface area (TPSA) is 130 Å². The molecule has 0 aromatic carbocycles. The van der Waals surface area contributed by atoms with Gasteiger partial charge in [0.15, 0.2) is 0 Å². The van der Waals surface area contributed by atoms with E-state index in [4.69, 9.17) is 18.7 Å². The van der Waals surface area contributed by atoms with E-state index in [1.807, 2.05) is 47.2 Å². The fourth-order valence-electron chi connectivity index (χ4n) is 4.69. The molecule has 14 heteroatoms. The highest BCUT2D eigenvalue weighted by Crippen LogP contribution is 2.30. The van der Waals surface area contributed by atoms with Crippen LogP contribution in [-0.2, 0) is 19.3 Å². The van der Waals surface area contributed by atoms with Gasteiger partial charge in [-0.25, -0.2) is 9.59 Å². The first-order valence-corrected chi connectivity index (χ1v) is 14.4. The van der Waals surface area contributed by atoms with Gasteiger partial charge in [-0.1, -0.05) is 34.6 Å². The van der Waals surface area contributed by atoms with Gasteiger partial charge in [-0.05, 0) is 22.9 Å². The van der Waals surface area contributed by atoms with E-state index in [-0.39, 0.29) is 22.4 Å². The van der Waals surface area contributed by atoms with Crippen molar-refractivity contribution in [2.45, 2.75) is 12.8 Å². The van der Waals surface area contributed by atoms with Crippen LogP contribution < -0.4 is 0 Å². The average Bonchev–Trinajstić information content (AvgIpc) is 3.75. The van der Waals surface area contributed by atoms with Crippen molar-refractivity contribution in [3.05, 3.63) is 59.0 Å². The fourth-order valence-corrected chi connectivity index (χ4v) is 5.99. The van der Waals surface area contributed by atoms with Crippen molar-refractivity contribution in [2.75, 3.05) is 40.3 Å². The van der Waals surface area contributed by atoms with Gasteiger partial charge in [0, 0.05) is 12.8 Å². The summed E-state index contributed by atoms with van der Waals surface area (Å²) in [6.07, 6.45) is 5.16. The normalized spacial score (nSPS) is 22.9. The lowest BCUT2D eigenvalue weighted by atomic mass is 10.1. The van der Waals surface area contributed by atoms with Crippen LogP contribution >= 0.6 is 22.7 Å². The van der Waals surface area contributed by atoms with Gasteiger partial charge in [0.2, 0.25) is 11.6 Å². The fraction of sp³-hybridized carbons (Fsp3) is 0.308. The summed E-state index contributed by atoms with van der Waals surface area (Å²) in [6.45, 7) is 1.51. The Morgan fingerprint density at radius 1 is 0.775 bits per heavy atom. The molecule has 2 unspecified atom stereocenters. The minimum atomic E-state index is -1.07. The van der Waals surface area contributed by atoms with Gasteiger partial charge < -0.3 is 9.05 Å². The van der Waals surface area contributed by atoms with Crippen LogP contribution in [0.15, 0.2) is 56.2 Å². The first-order valence-electron chi connectivity index (χ1n) is 12.6. The minimum absolute atomic E-state index is 0.154. The molecule has 0 N–H and O–H groups in total. The predicted octanol–water partition coefficient (Wildman–Crippen LogP) is 3.99. The number of carbonyl (C=O) groups excluding carboxylic acids is 2. The third kappa shape index (κ3) is 5.51. The van der Waals surface area contributed by atoms with Crippen LogP contribution in [0.3, 0.4) is 0 Å². The molecule has 0 saturated heterocycles. The molecule has 6 heterocycles. The molecule has 0 bridgehead atoms. The minimum Gasteiger partial charge on any atom is -0.334 e. The van der Waals surface area contributed by atoms with Gasteiger partial charge in [0.25, 0.3) is 11.8 Å². The predicted molar refractivity (Wildman–Crippen MR) is 144 cm³/mol. The van der Waals surface area contributed by atoms with Crippen molar-refractivity contribution in [3.63, 3.8) is 0 Å². The Kier molecular flexibility index (Phi) is 6.92. The van der Waals surface area contributed by atoms with E-state index in [1.165, 1.54) is 22.7 Å². The highest BCUT2D eigenvalue weighted by atomic mass is 32.1. The van der Waals surface area contributed by atoms with Crippen molar-refractivity contribution in [2.24, 2.45) is 0 Å². The standard InChI is InChI=1S/C26H26N6O6S2/c1-31(11-3-7-17(15-31)23-27-21(29-35-23)19-9-5-13-39-19)37-25(33)26(34)38-32(2)12-4-8-18(16-32)24-28-22(30-36-24)20-10-6-14-40-20/h5-10,13-14H,3-4,11-12,15-16H2,1-2H3/q+2. The van der Waals surface area contributed by atoms with E-state index in [9.17, 15) is 9.59 Å². The molecule has 206 valence electrons. The average molecular weight is 583 g/mol. The zero-order valence-corrected chi connectivity index (χ0v) is 23.4. The van der Waals surface area contributed by atoms with Gasteiger partial charge in [0.1, 0.15) is 40.3 Å². The van der Waals surface area contributed by atoms with Crippen molar-refractivity contribution in [1.82, 2.24) is 20.3 Å². The maximum Gasteiger partial charge on any atom is 0.480 e. The molecule has 0 fully saturated rings. The Bertz CT molecular complexity index is 1470. The number of hydrogen-bond acceptors (Lipinski definition) is 12. The van der Waals surface area contributed by atoms with Gasteiger partial charge in [-0.15, -0.1) is 32.0 Å². The van der Waals surface area contributed by atoms with E-state index < -0.39 is 11.9 Å². The molecule has 2 aliphatic rings. The second-order valence-corrected chi connectivity index (χ2v) is 11.8. The molecule has 0 aliphatic carbocycles.